The minimum absolute atomic E-state index is 0.0505. The summed E-state index contributed by atoms with van der Waals surface area (Å²) in [6.07, 6.45) is 0. The lowest BCUT2D eigenvalue weighted by atomic mass is 10.1. The van der Waals surface area contributed by atoms with E-state index in [1.807, 2.05) is 12.1 Å². The van der Waals surface area contributed by atoms with Crippen LogP contribution in [0.1, 0.15) is 11.1 Å². The Morgan fingerprint density at radius 1 is 1.54 bits per heavy atom. The lowest BCUT2D eigenvalue weighted by Crippen LogP contribution is -2.10. The number of nitrogens with one attached hydrogen (secondary N) is 1. The smallest absolute Gasteiger partial charge is 0.122 e. The van der Waals surface area contributed by atoms with Crippen LogP contribution in [0.2, 0.25) is 0 Å². The van der Waals surface area contributed by atoms with Gasteiger partial charge in [0, 0.05) is 11.1 Å². The quantitative estimate of drug-likeness (QED) is 0.302. The van der Waals surface area contributed by atoms with Crippen molar-refractivity contribution in [1.82, 2.24) is 0 Å². The Balaban J connectivity index is 2.98. The van der Waals surface area contributed by atoms with Crippen molar-refractivity contribution in [2.45, 2.75) is 0 Å². The number of rotatable bonds is 1. The molecule has 0 aliphatic heterocycles. The third kappa shape index (κ3) is 2.81. The summed E-state index contributed by atoms with van der Waals surface area (Å²) in [5, 5.41) is 7.21. The van der Waals surface area contributed by atoms with Gasteiger partial charge in [0.1, 0.15) is 5.84 Å². The fourth-order valence-corrected chi connectivity index (χ4v) is 0.967. The standard InChI is InChI=1S/C10H9ClN2/c11-6-2-4-8-3-1-5-9(7-8)10(12)13/h1,3,5,7H,6H2,(H3,12,13). The van der Waals surface area contributed by atoms with Crippen LogP contribution in [0.4, 0.5) is 0 Å². The number of alkyl halides is 1. The van der Waals surface area contributed by atoms with Crippen molar-refractivity contribution >= 4 is 17.4 Å². The zero-order chi connectivity index (χ0) is 9.68. The molecule has 0 bridgehead atoms. The van der Waals surface area contributed by atoms with E-state index in [9.17, 15) is 0 Å². The van der Waals surface area contributed by atoms with Gasteiger partial charge in [-0.05, 0) is 12.1 Å². The second-order valence-electron chi connectivity index (χ2n) is 2.43. The maximum Gasteiger partial charge on any atom is 0.122 e. The van der Waals surface area contributed by atoms with Crippen LogP contribution in [0.15, 0.2) is 24.3 Å². The van der Waals surface area contributed by atoms with Gasteiger partial charge in [-0.2, -0.15) is 0 Å². The SMILES string of the molecule is N=C(N)c1cccc(C#CCCl)c1. The molecule has 1 rings (SSSR count). The van der Waals surface area contributed by atoms with Gasteiger partial charge >= 0.3 is 0 Å². The van der Waals surface area contributed by atoms with E-state index in [0.717, 1.165) is 5.56 Å². The monoisotopic (exact) mass is 192 g/mol. The summed E-state index contributed by atoms with van der Waals surface area (Å²) in [6.45, 7) is 0. The first-order valence-corrected chi connectivity index (χ1v) is 4.27. The van der Waals surface area contributed by atoms with Gasteiger partial charge in [0.15, 0.2) is 0 Å². The van der Waals surface area contributed by atoms with Crippen LogP contribution >= 0.6 is 11.6 Å². The van der Waals surface area contributed by atoms with E-state index in [0.29, 0.717) is 11.4 Å². The highest BCUT2D eigenvalue weighted by atomic mass is 35.5. The lowest BCUT2D eigenvalue weighted by molar-refractivity contribution is 1.42. The first-order valence-electron chi connectivity index (χ1n) is 3.73. The van der Waals surface area contributed by atoms with Crippen LogP contribution in [0.5, 0.6) is 0 Å². The van der Waals surface area contributed by atoms with Crippen molar-refractivity contribution in [2.24, 2.45) is 5.73 Å². The van der Waals surface area contributed by atoms with E-state index < -0.39 is 0 Å². The first-order chi connectivity index (χ1) is 6.24. The molecule has 13 heavy (non-hydrogen) atoms. The van der Waals surface area contributed by atoms with E-state index in [4.69, 9.17) is 22.7 Å². The molecule has 0 heterocycles. The lowest BCUT2D eigenvalue weighted by Gasteiger charge is -1.97. The van der Waals surface area contributed by atoms with Gasteiger partial charge in [-0.3, -0.25) is 5.41 Å². The first kappa shape index (κ1) is 9.63. The number of nitrogens with two attached hydrogens (primary N) is 1. The van der Waals surface area contributed by atoms with Gasteiger partial charge in [0.05, 0.1) is 5.88 Å². The van der Waals surface area contributed by atoms with Gasteiger partial charge < -0.3 is 5.73 Å². The number of nitrogen functional groups attached to an aromatic ring is 1. The molecule has 0 aliphatic carbocycles. The van der Waals surface area contributed by atoms with Crippen molar-refractivity contribution in [3.63, 3.8) is 0 Å². The molecule has 0 saturated heterocycles. The van der Waals surface area contributed by atoms with Crippen LogP contribution in [0.25, 0.3) is 0 Å². The fourth-order valence-electron chi connectivity index (χ4n) is 0.900. The summed E-state index contributed by atoms with van der Waals surface area (Å²) in [5.41, 5.74) is 6.83. The number of hydrogen-bond donors (Lipinski definition) is 2. The van der Waals surface area contributed by atoms with Gasteiger partial charge in [-0.25, -0.2) is 0 Å². The predicted octanol–water partition coefficient (Wildman–Crippen LogP) is 1.56. The minimum atomic E-state index is 0.0505. The molecule has 0 atom stereocenters. The summed E-state index contributed by atoms with van der Waals surface area (Å²) in [6, 6.07) is 7.21. The van der Waals surface area contributed by atoms with Crippen LogP contribution in [-0.2, 0) is 0 Å². The molecule has 2 nitrogen and oxygen atoms in total. The minimum Gasteiger partial charge on any atom is -0.384 e. The van der Waals surface area contributed by atoms with Crippen molar-refractivity contribution in [3.8, 4) is 11.8 Å². The van der Waals surface area contributed by atoms with E-state index in [2.05, 4.69) is 11.8 Å². The topological polar surface area (TPSA) is 49.9 Å². The molecule has 0 amide bonds. The molecule has 0 aliphatic rings. The van der Waals surface area contributed by atoms with Crippen molar-refractivity contribution in [1.29, 1.82) is 5.41 Å². The Morgan fingerprint density at radius 2 is 2.31 bits per heavy atom. The molecule has 0 aromatic heterocycles. The maximum atomic E-state index is 7.21. The van der Waals surface area contributed by atoms with Crippen molar-refractivity contribution in [3.05, 3.63) is 35.4 Å². The van der Waals surface area contributed by atoms with E-state index in [1.54, 1.807) is 12.1 Å². The summed E-state index contributed by atoms with van der Waals surface area (Å²) < 4.78 is 0. The predicted molar refractivity (Wildman–Crippen MR) is 55.1 cm³/mol. The Morgan fingerprint density at radius 3 is 2.92 bits per heavy atom. The maximum absolute atomic E-state index is 7.21. The van der Waals surface area contributed by atoms with Gasteiger partial charge in [-0.1, -0.05) is 24.0 Å². The van der Waals surface area contributed by atoms with Gasteiger partial charge in [0.25, 0.3) is 0 Å². The van der Waals surface area contributed by atoms with Crippen LogP contribution in [0.3, 0.4) is 0 Å². The molecule has 1 aromatic carbocycles. The molecule has 0 saturated carbocycles. The van der Waals surface area contributed by atoms with Crippen LogP contribution in [0, 0.1) is 17.3 Å². The van der Waals surface area contributed by atoms with Crippen LogP contribution in [-0.4, -0.2) is 11.7 Å². The highest BCUT2D eigenvalue weighted by molar-refractivity contribution is 6.19. The zero-order valence-corrected chi connectivity index (χ0v) is 7.73. The Hall–Kier alpha value is -1.46. The summed E-state index contributed by atoms with van der Waals surface area (Å²) in [5.74, 6) is 5.95. The third-order valence-corrected chi connectivity index (χ3v) is 1.61. The Kier molecular flexibility index (Phi) is 3.36. The molecule has 66 valence electrons. The average Bonchev–Trinajstić information content (AvgIpc) is 2.15. The number of halogens is 1. The van der Waals surface area contributed by atoms with E-state index >= 15 is 0 Å². The molecule has 0 fully saturated rings. The van der Waals surface area contributed by atoms with E-state index in [1.165, 1.54) is 0 Å². The zero-order valence-electron chi connectivity index (χ0n) is 6.97. The third-order valence-electron chi connectivity index (χ3n) is 1.47. The number of benzene rings is 1. The molecule has 0 radical (unpaired) electrons. The van der Waals surface area contributed by atoms with Gasteiger partial charge in [-0.15, -0.1) is 11.6 Å². The second kappa shape index (κ2) is 4.54. The molecule has 1 aromatic rings. The molecule has 0 spiro atoms. The fraction of sp³-hybridized carbons (Fsp3) is 0.100. The second-order valence-corrected chi connectivity index (χ2v) is 2.70. The van der Waals surface area contributed by atoms with Gasteiger partial charge in [0.2, 0.25) is 0 Å². The number of amidine groups is 1. The molecule has 3 heteroatoms. The van der Waals surface area contributed by atoms with Crippen molar-refractivity contribution < 1.29 is 0 Å². The van der Waals surface area contributed by atoms with E-state index in [-0.39, 0.29) is 5.84 Å². The average molecular weight is 193 g/mol. The highest BCUT2D eigenvalue weighted by Gasteiger charge is 1.95. The Labute approximate surface area is 82.2 Å². The highest BCUT2D eigenvalue weighted by Crippen LogP contribution is 2.02. The largest absolute Gasteiger partial charge is 0.384 e. The van der Waals surface area contributed by atoms with Crippen molar-refractivity contribution in [2.75, 3.05) is 5.88 Å². The summed E-state index contributed by atoms with van der Waals surface area (Å²) in [7, 11) is 0. The van der Waals surface area contributed by atoms with Crippen LogP contribution < -0.4 is 5.73 Å². The molecule has 0 unspecified atom stereocenters. The summed E-state index contributed by atoms with van der Waals surface area (Å²) in [4.78, 5) is 0. The molecular formula is C10H9ClN2. The normalized spacial score (nSPS) is 8.69. The molecular weight excluding hydrogens is 184 g/mol. The summed E-state index contributed by atoms with van der Waals surface area (Å²) >= 11 is 5.41. The molecule has 3 N–H and O–H groups in total. The number of hydrogen-bond acceptors (Lipinski definition) is 1. The Bertz CT molecular complexity index is 374.